The molecule has 0 unspecified atom stereocenters. The largest absolute Gasteiger partial charge is 0.508 e. The van der Waals surface area contributed by atoms with Crippen molar-refractivity contribution in [2.45, 2.75) is 71.3 Å². The van der Waals surface area contributed by atoms with Gasteiger partial charge >= 0.3 is 0 Å². The van der Waals surface area contributed by atoms with Crippen molar-refractivity contribution < 1.29 is 9.84 Å². The second-order valence-corrected chi connectivity index (χ2v) is 9.76. The number of hydrogen-bond donors (Lipinski definition) is 1. The maximum Gasteiger partial charge on any atom is 0.127 e. The molecular weight excluding hydrogens is 344 g/mol. The Morgan fingerprint density at radius 3 is 2.54 bits per heavy atom. The Balaban J connectivity index is 1.85. The number of phenolic OH excluding ortho intramolecular Hbond substituents is 1. The van der Waals surface area contributed by atoms with Crippen molar-refractivity contribution in [3.05, 3.63) is 70.3 Å². The lowest BCUT2D eigenvalue weighted by Crippen LogP contribution is -2.45. The molecule has 1 N–H and O–H groups in total. The van der Waals surface area contributed by atoms with Crippen molar-refractivity contribution in [1.29, 1.82) is 0 Å². The lowest BCUT2D eigenvalue weighted by Gasteiger charge is -2.47. The van der Waals surface area contributed by atoms with Gasteiger partial charge in [-0.15, -0.1) is 0 Å². The van der Waals surface area contributed by atoms with E-state index in [1.165, 1.54) is 16.7 Å². The summed E-state index contributed by atoms with van der Waals surface area (Å²) in [5.41, 5.74) is 5.58. The van der Waals surface area contributed by atoms with Gasteiger partial charge in [-0.1, -0.05) is 49.8 Å². The molecule has 2 aliphatic rings. The summed E-state index contributed by atoms with van der Waals surface area (Å²) in [6, 6.07) is 12.6. The molecule has 0 saturated heterocycles. The highest BCUT2D eigenvalue weighted by Crippen LogP contribution is 2.55. The van der Waals surface area contributed by atoms with E-state index in [1.807, 2.05) is 6.07 Å². The van der Waals surface area contributed by atoms with Gasteiger partial charge in [0.15, 0.2) is 0 Å². The van der Waals surface area contributed by atoms with E-state index in [4.69, 9.17) is 4.74 Å². The molecule has 4 rings (SSSR count). The molecule has 0 fully saturated rings. The standard InChI is InChI=1S/C26H32O2/c1-16-11-12-21-19(13-16)24-22(27)14-18(15-23(24)28-26(21,5)6)25(3,4)20-10-8-7-9-17(20)2/h7-11,14-15,19,21,27H,12-13H2,1-6H3/t19-,21-/m1/s1. The van der Waals surface area contributed by atoms with E-state index in [0.29, 0.717) is 17.6 Å². The normalized spacial score (nSPS) is 23.3. The van der Waals surface area contributed by atoms with Crippen LogP contribution in [0.5, 0.6) is 11.5 Å². The van der Waals surface area contributed by atoms with Crippen LogP contribution >= 0.6 is 0 Å². The smallest absolute Gasteiger partial charge is 0.127 e. The summed E-state index contributed by atoms with van der Waals surface area (Å²) < 4.78 is 6.52. The fourth-order valence-electron chi connectivity index (χ4n) is 5.36. The van der Waals surface area contributed by atoms with Gasteiger partial charge in [-0.05, 0) is 69.4 Å². The van der Waals surface area contributed by atoms with Crippen LogP contribution in [0.1, 0.15) is 75.6 Å². The summed E-state index contributed by atoms with van der Waals surface area (Å²) >= 11 is 0. The van der Waals surface area contributed by atoms with Gasteiger partial charge in [0.1, 0.15) is 17.1 Å². The summed E-state index contributed by atoms with van der Waals surface area (Å²) in [5.74, 6) is 1.95. The van der Waals surface area contributed by atoms with Crippen LogP contribution in [-0.4, -0.2) is 10.7 Å². The van der Waals surface area contributed by atoms with Gasteiger partial charge in [0.25, 0.3) is 0 Å². The van der Waals surface area contributed by atoms with Crippen molar-refractivity contribution >= 4 is 0 Å². The lowest BCUT2D eigenvalue weighted by molar-refractivity contribution is 0.00745. The molecule has 2 aromatic carbocycles. The van der Waals surface area contributed by atoms with Crippen LogP contribution in [0.2, 0.25) is 0 Å². The maximum absolute atomic E-state index is 11.1. The fraction of sp³-hybridized carbons (Fsp3) is 0.462. The summed E-state index contributed by atoms with van der Waals surface area (Å²) in [6.45, 7) is 13.2. The highest BCUT2D eigenvalue weighted by molar-refractivity contribution is 5.56. The van der Waals surface area contributed by atoms with Crippen LogP contribution in [0.3, 0.4) is 0 Å². The van der Waals surface area contributed by atoms with Gasteiger partial charge in [0.2, 0.25) is 0 Å². The predicted octanol–water partition coefficient (Wildman–Crippen LogP) is 6.64. The number of ether oxygens (including phenoxy) is 1. The minimum atomic E-state index is -0.243. The van der Waals surface area contributed by atoms with Crippen molar-refractivity contribution in [3.63, 3.8) is 0 Å². The third-order valence-corrected chi connectivity index (χ3v) is 7.04. The molecule has 2 nitrogen and oxygen atoms in total. The lowest BCUT2D eigenvalue weighted by atomic mass is 9.66. The van der Waals surface area contributed by atoms with Crippen LogP contribution < -0.4 is 4.74 Å². The number of fused-ring (bicyclic) bond motifs is 3. The zero-order valence-corrected chi connectivity index (χ0v) is 18.0. The second-order valence-electron chi connectivity index (χ2n) is 9.76. The van der Waals surface area contributed by atoms with Gasteiger partial charge in [-0.3, -0.25) is 0 Å². The number of phenols is 1. The summed E-state index contributed by atoms with van der Waals surface area (Å²) in [6.07, 6.45) is 4.35. The Labute approximate surface area is 169 Å². The molecule has 1 aliphatic heterocycles. The first-order chi connectivity index (χ1) is 13.1. The van der Waals surface area contributed by atoms with Crippen LogP contribution in [0.25, 0.3) is 0 Å². The third-order valence-electron chi connectivity index (χ3n) is 7.04. The molecule has 0 amide bonds. The van der Waals surface area contributed by atoms with Crippen LogP contribution in [0.15, 0.2) is 48.0 Å². The number of rotatable bonds is 2. The van der Waals surface area contributed by atoms with E-state index in [0.717, 1.165) is 29.7 Å². The average Bonchev–Trinajstić information content (AvgIpc) is 2.60. The molecule has 0 aromatic heterocycles. The molecule has 0 bridgehead atoms. The zero-order chi connectivity index (χ0) is 20.3. The topological polar surface area (TPSA) is 29.5 Å². The van der Waals surface area contributed by atoms with E-state index in [9.17, 15) is 5.11 Å². The quantitative estimate of drug-likeness (QED) is 0.596. The first-order valence-corrected chi connectivity index (χ1v) is 10.4. The Morgan fingerprint density at radius 2 is 1.82 bits per heavy atom. The zero-order valence-electron chi connectivity index (χ0n) is 18.0. The van der Waals surface area contributed by atoms with E-state index in [2.05, 4.69) is 78.0 Å². The number of benzene rings is 2. The first-order valence-electron chi connectivity index (χ1n) is 10.4. The van der Waals surface area contributed by atoms with Crippen LogP contribution in [-0.2, 0) is 5.41 Å². The fourth-order valence-corrected chi connectivity index (χ4v) is 5.36. The van der Waals surface area contributed by atoms with Crippen molar-refractivity contribution in [3.8, 4) is 11.5 Å². The molecule has 2 heteroatoms. The number of aromatic hydroxyl groups is 1. The molecule has 1 heterocycles. The molecule has 2 aromatic rings. The average molecular weight is 377 g/mol. The molecule has 0 radical (unpaired) electrons. The van der Waals surface area contributed by atoms with Gasteiger partial charge in [-0.25, -0.2) is 0 Å². The summed E-state index contributed by atoms with van der Waals surface area (Å²) in [4.78, 5) is 0. The van der Waals surface area contributed by atoms with Gasteiger partial charge in [0, 0.05) is 22.8 Å². The van der Waals surface area contributed by atoms with Crippen LogP contribution in [0.4, 0.5) is 0 Å². The highest BCUT2D eigenvalue weighted by Gasteiger charge is 2.46. The van der Waals surface area contributed by atoms with Gasteiger partial charge < -0.3 is 9.84 Å². The Bertz CT molecular complexity index is 949. The van der Waals surface area contributed by atoms with Gasteiger partial charge in [0.05, 0.1) is 0 Å². The summed E-state index contributed by atoms with van der Waals surface area (Å²) in [5, 5.41) is 11.1. The van der Waals surface area contributed by atoms with Crippen molar-refractivity contribution in [2.24, 2.45) is 5.92 Å². The molecule has 1 aliphatic carbocycles. The Hall–Kier alpha value is -2.22. The molecule has 0 spiro atoms. The van der Waals surface area contributed by atoms with Crippen molar-refractivity contribution in [2.75, 3.05) is 0 Å². The first kappa shape index (κ1) is 19.1. The van der Waals surface area contributed by atoms with E-state index in [1.54, 1.807) is 0 Å². The molecule has 0 saturated carbocycles. The number of allylic oxidation sites excluding steroid dienone is 2. The SMILES string of the molecule is CC1=CC[C@@H]2[C@@H](C1)c1c(O)cc(C(C)(C)c3ccccc3C)cc1OC2(C)C. The molecular formula is C26H32O2. The van der Waals surface area contributed by atoms with E-state index >= 15 is 0 Å². The highest BCUT2D eigenvalue weighted by atomic mass is 16.5. The Morgan fingerprint density at radius 1 is 1.11 bits per heavy atom. The maximum atomic E-state index is 11.1. The van der Waals surface area contributed by atoms with E-state index < -0.39 is 0 Å². The van der Waals surface area contributed by atoms with Crippen molar-refractivity contribution in [1.82, 2.24) is 0 Å². The second kappa shape index (κ2) is 6.40. The Kier molecular flexibility index (Phi) is 4.37. The van der Waals surface area contributed by atoms with Gasteiger partial charge in [-0.2, -0.15) is 0 Å². The third kappa shape index (κ3) is 2.94. The number of hydrogen-bond acceptors (Lipinski definition) is 2. The molecule has 2 atom stereocenters. The molecule has 148 valence electrons. The molecule has 28 heavy (non-hydrogen) atoms. The minimum absolute atomic E-state index is 0.218. The van der Waals surface area contributed by atoms with Crippen LogP contribution in [0, 0.1) is 12.8 Å². The minimum Gasteiger partial charge on any atom is -0.508 e. The predicted molar refractivity (Wildman–Crippen MR) is 115 cm³/mol. The van der Waals surface area contributed by atoms with E-state index in [-0.39, 0.29) is 11.0 Å². The summed E-state index contributed by atoms with van der Waals surface area (Å²) in [7, 11) is 0. The number of aryl methyl sites for hydroxylation is 1. The monoisotopic (exact) mass is 376 g/mol.